The van der Waals surface area contributed by atoms with E-state index < -0.39 is 18.9 Å². The van der Waals surface area contributed by atoms with E-state index in [1.165, 1.54) is 22.9 Å². The summed E-state index contributed by atoms with van der Waals surface area (Å²) in [5.74, 6) is 0.358. The zero-order chi connectivity index (χ0) is 14.2. The first-order valence-electron chi connectivity index (χ1n) is 5.36. The highest BCUT2D eigenvalue weighted by Gasteiger charge is 2.30. The molecule has 1 aromatic heterocycles. The molecule has 100 valence electrons. The van der Waals surface area contributed by atoms with Crippen molar-refractivity contribution in [1.29, 1.82) is 0 Å². The van der Waals surface area contributed by atoms with Gasteiger partial charge in [0.1, 0.15) is 5.82 Å². The largest absolute Gasteiger partial charge is 0.509 e. The van der Waals surface area contributed by atoms with Crippen LogP contribution >= 0.6 is 0 Å². The van der Waals surface area contributed by atoms with E-state index in [4.69, 9.17) is 10.0 Å². The van der Waals surface area contributed by atoms with E-state index in [0.29, 0.717) is 11.4 Å². The van der Waals surface area contributed by atoms with Crippen molar-refractivity contribution >= 4 is 12.7 Å². The Morgan fingerprint density at radius 2 is 1.74 bits per heavy atom. The summed E-state index contributed by atoms with van der Waals surface area (Å²) < 4.78 is 38.8. The van der Waals surface area contributed by atoms with Crippen molar-refractivity contribution < 1.29 is 23.2 Å². The molecule has 0 saturated carbocycles. The molecule has 0 aliphatic heterocycles. The lowest BCUT2D eigenvalue weighted by Crippen LogP contribution is -2.30. The van der Waals surface area contributed by atoms with Gasteiger partial charge in [0.15, 0.2) is 0 Å². The Bertz CT molecular complexity index is 579. The Balaban J connectivity index is 2.37. The van der Waals surface area contributed by atoms with Gasteiger partial charge in [-0.25, -0.2) is 4.98 Å². The molecule has 0 spiro atoms. The van der Waals surface area contributed by atoms with Crippen molar-refractivity contribution in [2.75, 3.05) is 0 Å². The van der Waals surface area contributed by atoms with Crippen LogP contribution in [0, 0.1) is 0 Å². The summed E-state index contributed by atoms with van der Waals surface area (Å²) in [6, 6.07) is 4.50. The van der Waals surface area contributed by atoms with Crippen LogP contribution in [0.2, 0.25) is 0 Å². The van der Waals surface area contributed by atoms with Gasteiger partial charge in [-0.2, -0.15) is 13.2 Å². The molecule has 2 aromatic rings. The summed E-state index contributed by atoms with van der Waals surface area (Å²) >= 11 is 0. The summed E-state index contributed by atoms with van der Waals surface area (Å²) in [7, 11) is -0.0966. The highest BCUT2D eigenvalue weighted by atomic mass is 19.4. The first-order chi connectivity index (χ1) is 8.79. The van der Waals surface area contributed by atoms with Crippen molar-refractivity contribution in [3.05, 3.63) is 36.0 Å². The summed E-state index contributed by atoms with van der Waals surface area (Å²) in [6.45, 7) is 0. The average molecular weight is 270 g/mol. The van der Waals surface area contributed by atoms with Gasteiger partial charge in [0.2, 0.25) is 0 Å². The molecule has 0 aliphatic rings. The van der Waals surface area contributed by atoms with E-state index in [9.17, 15) is 13.2 Å². The number of rotatable bonds is 2. The molecule has 1 heterocycles. The Kier molecular flexibility index (Phi) is 3.38. The molecule has 0 fully saturated rings. The van der Waals surface area contributed by atoms with Gasteiger partial charge < -0.3 is 14.6 Å². The van der Waals surface area contributed by atoms with Crippen LogP contribution in [-0.4, -0.2) is 26.7 Å². The fourth-order valence-corrected chi connectivity index (χ4v) is 1.69. The van der Waals surface area contributed by atoms with Crippen LogP contribution in [0.25, 0.3) is 11.4 Å². The van der Waals surface area contributed by atoms with E-state index in [2.05, 4.69) is 4.98 Å². The first kappa shape index (κ1) is 13.6. The quantitative estimate of drug-likeness (QED) is 0.793. The molecule has 8 heteroatoms. The average Bonchev–Trinajstić information content (AvgIpc) is 2.70. The Morgan fingerprint density at radius 1 is 1.16 bits per heavy atom. The SMILES string of the molecule is Cn1cc(B(O)O)nc1-c1ccc(C(F)(F)F)cc1. The number of nitrogens with zero attached hydrogens (tertiary/aromatic N) is 2. The monoisotopic (exact) mass is 270 g/mol. The summed E-state index contributed by atoms with van der Waals surface area (Å²) in [6.07, 6.45) is -2.98. The molecular formula is C11H10BF3N2O2. The predicted molar refractivity (Wildman–Crippen MR) is 63.5 cm³/mol. The molecule has 1 aromatic carbocycles. The lowest BCUT2D eigenvalue weighted by Gasteiger charge is -2.07. The van der Waals surface area contributed by atoms with Gasteiger partial charge >= 0.3 is 13.3 Å². The lowest BCUT2D eigenvalue weighted by molar-refractivity contribution is -0.137. The molecule has 0 atom stereocenters. The maximum atomic E-state index is 12.4. The molecule has 0 aliphatic carbocycles. The third kappa shape index (κ3) is 2.79. The van der Waals surface area contributed by atoms with E-state index in [-0.39, 0.29) is 5.59 Å². The molecule has 4 nitrogen and oxygen atoms in total. The topological polar surface area (TPSA) is 58.3 Å². The molecule has 2 N–H and O–H groups in total. The number of halogens is 3. The second-order valence-corrected chi connectivity index (χ2v) is 4.05. The van der Waals surface area contributed by atoms with Gasteiger partial charge in [0, 0.05) is 18.8 Å². The fourth-order valence-electron chi connectivity index (χ4n) is 1.69. The van der Waals surface area contributed by atoms with Crippen molar-refractivity contribution in [3.63, 3.8) is 0 Å². The van der Waals surface area contributed by atoms with E-state index in [1.807, 2.05) is 0 Å². The second-order valence-electron chi connectivity index (χ2n) is 4.05. The number of benzene rings is 1. The first-order valence-corrected chi connectivity index (χ1v) is 5.36. The van der Waals surface area contributed by atoms with E-state index in [0.717, 1.165) is 12.1 Å². The van der Waals surface area contributed by atoms with Crippen LogP contribution < -0.4 is 5.59 Å². The predicted octanol–water partition coefficient (Wildman–Crippen LogP) is 0.786. The summed E-state index contributed by atoms with van der Waals surface area (Å²) in [5, 5.41) is 18.0. The maximum Gasteiger partial charge on any atom is 0.509 e. The van der Waals surface area contributed by atoms with Crippen molar-refractivity contribution in [1.82, 2.24) is 9.55 Å². The third-order valence-corrected chi connectivity index (χ3v) is 2.63. The van der Waals surface area contributed by atoms with Crippen molar-refractivity contribution in [2.45, 2.75) is 6.18 Å². The van der Waals surface area contributed by atoms with Crippen LogP contribution in [0.1, 0.15) is 5.56 Å². The van der Waals surface area contributed by atoms with Crippen LogP contribution in [-0.2, 0) is 13.2 Å². The Labute approximate surface area is 107 Å². The van der Waals surface area contributed by atoms with Crippen LogP contribution in [0.4, 0.5) is 13.2 Å². The molecule has 2 rings (SSSR count). The molecule has 19 heavy (non-hydrogen) atoms. The third-order valence-electron chi connectivity index (χ3n) is 2.63. The summed E-state index contributed by atoms with van der Waals surface area (Å²) in [4.78, 5) is 3.95. The lowest BCUT2D eigenvalue weighted by atomic mass is 9.87. The number of aromatic nitrogens is 2. The smallest absolute Gasteiger partial charge is 0.422 e. The molecule has 0 radical (unpaired) electrons. The van der Waals surface area contributed by atoms with Gasteiger partial charge in [-0.1, -0.05) is 12.1 Å². The number of hydrogen-bond acceptors (Lipinski definition) is 3. The molecular weight excluding hydrogens is 260 g/mol. The molecule has 0 saturated heterocycles. The zero-order valence-corrected chi connectivity index (χ0v) is 9.89. The highest BCUT2D eigenvalue weighted by Crippen LogP contribution is 2.30. The Hall–Kier alpha value is -1.80. The van der Waals surface area contributed by atoms with Gasteiger partial charge in [-0.15, -0.1) is 0 Å². The van der Waals surface area contributed by atoms with E-state index >= 15 is 0 Å². The zero-order valence-electron chi connectivity index (χ0n) is 9.89. The number of aryl methyl sites for hydroxylation is 1. The van der Waals surface area contributed by atoms with Crippen LogP contribution in [0.15, 0.2) is 30.5 Å². The van der Waals surface area contributed by atoms with Crippen LogP contribution in [0.5, 0.6) is 0 Å². The normalized spacial score (nSPS) is 11.7. The molecule has 0 unspecified atom stereocenters. The van der Waals surface area contributed by atoms with E-state index in [1.54, 1.807) is 7.05 Å². The summed E-state index contributed by atoms with van der Waals surface area (Å²) in [5.41, 5.74) is -0.243. The van der Waals surface area contributed by atoms with Crippen molar-refractivity contribution in [3.8, 4) is 11.4 Å². The standard InChI is InChI=1S/C11H10BF3N2O2/c1-17-6-9(12(18)19)16-10(17)7-2-4-8(5-3-7)11(13,14)15/h2-6,18-19H,1H3. The fraction of sp³-hybridized carbons (Fsp3) is 0.182. The minimum Gasteiger partial charge on any atom is -0.422 e. The van der Waals surface area contributed by atoms with Gasteiger partial charge in [-0.3, -0.25) is 0 Å². The number of hydrogen-bond donors (Lipinski definition) is 2. The minimum atomic E-state index is -4.38. The number of alkyl halides is 3. The minimum absolute atomic E-state index is 0.0393. The second kappa shape index (κ2) is 4.71. The van der Waals surface area contributed by atoms with Gasteiger partial charge in [0.05, 0.1) is 11.2 Å². The maximum absolute atomic E-state index is 12.4. The molecule has 0 amide bonds. The molecule has 0 bridgehead atoms. The van der Waals surface area contributed by atoms with Gasteiger partial charge in [-0.05, 0) is 12.1 Å². The Morgan fingerprint density at radius 3 is 2.16 bits per heavy atom. The highest BCUT2D eigenvalue weighted by molar-refractivity contribution is 6.57. The van der Waals surface area contributed by atoms with Crippen LogP contribution in [0.3, 0.4) is 0 Å². The number of imidazole rings is 1. The van der Waals surface area contributed by atoms with Crippen molar-refractivity contribution in [2.24, 2.45) is 7.05 Å². The van der Waals surface area contributed by atoms with Gasteiger partial charge in [0.25, 0.3) is 0 Å².